The summed E-state index contributed by atoms with van der Waals surface area (Å²) >= 11 is 0. The van der Waals surface area contributed by atoms with Crippen molar-refractivity contribution in [2.45, 2.75) is 32.1 Å². The van der Waals surface area contributed by atoms with Gasteiger partial charge in [0.25, 0.3) is 0 Å². The predicted octanol–water partition coefficient (Wildman–Crippen LogP) is 3.41. The quantitative estimate of drug-likeness (QED) is 0.818. The zero-order valence-electron chi connectivity index (χ0n) is 10.5. The van der Waals surface area contributed by atoms with Crippen LogP contribution in [0.3, 0.4) is 0 Å². The highest BCUT2D eigenvalue weighted by atomic mass is 28.3. The third-order valence-electron chi connectivity index (χ3n) is 2.60. The van der Waals surface area contributed by atoms with E-state index in [0.29, 0.717) is 6.42 Å². The molecule has 0 radical (unpaired) electrons. The minimum Gasteiger partial charge on any atom is -0.481 e. The first kappa shape index (κ1) is 13.9. The molecule has 0 bridgehead atoms. The van der Waals surface area contributed by atoms with Gasteiger partial charge in [0.1, 0.15) is 5.82 Å². The maximum atomic E-state index is 12.7. The fourth-order valence-electron chi connectivity index (χ4n) is 1.89. The van der Waals surface area contributed by atoms with Gasteiger partial charge in [-0.15, -0.1) is 0 Å². The van der Waals surface area contributed by atoms with E-state index in [-0.39, 0.29) is 11.7 Å². The fraction of sp³-hybridized carbons (Fsp3) is 0.462. The number of hydrogen-bond donors (Lipinski definition) is 1. The van der Waals surface area contributed by atoms with Gasteiger partial charge in [-0.3, -0.25) is 4.79 Å². The summed E-state index contributed by atoms with van der Waals surface area (Å²) in [5.74, 6) is -1.39. The average Bonchev–Trinajstić information content (AvgIpc) is 2.18. The van der Waals surface area contributed by atoms with Crippen LogP contribution >= 0.6 is 0 Å². The Morgan fingerprint density at radius 2 is 1.82 bits per heavy atom. The first-order valence-corrected chi connectivity index (χ1v) is 9.46. The first-order valence-electron chi connectivity index (χ1n) is 5.75. The van der Waals surface area contributed by atoms with Gasteiger partial charge in [0.15, 0.2) is 0 Å². The van der Waals surface area contributed by atoms with E-state index < -0.39 is 14.0 Å². The van der Waals surface area contributed by atoms with Crippen LogP contribution in [0.5, 0.6) is 0 Å². The van der Waals surface area contributed by atoms with Crippen LogP contribution < -0.4 is 0 Å². The average molecular weight is 254 g/mol. The van der Waals surface area contributed by atoms with Crippen LogP contribution in [0.2, 0.25) is 25.7 Å². The van der Waals surface area contributed by atoms with Crippen LogP contribution in [-0.4, -0.2) is 19.1 Å². The van der Waals surface area contributed by atoms with Crippen molar-refractivity contribution >= 4 is 14.0 Å². The molecule has 1 N–H and O–H groups in total. The van der Waals surface area contributed by atoms with Crippen molar-refractivity contribution < 1.29 is 14.3 Å². The Morgan fingerprint density at radius 1 is 1.29 bits per heavy atom. The van der Waals surface area contributed by atoms with E-state index in [0.717, 1.165) is 11.6 Å². The van der Waals surface area contributed by atoms with Crippen molar-refractivity contribution in [3.05, 3.63) is 35.6 Å². The van der Waals surface area contributed by atoms with Crippen molar-refractivity contribution in [1.29, 1.82) is 0 Å². The molecule has 0 fully saturated rings. The predicted molar refractivity (Wildman–Crippen MR) is 69.4 cm³/mol. The summed E-state index contributed by atoms with van der Waals surface area (Å²) < 4.78 is 12.7. The number of rotatable bonds is 5. The molecule has 1 atom stereocenters. The van der Waals surface area contributed by atoms with Gasteiger partial charge in [0.2, 0.25) is 0 Å². The van der Waals surface area contributed by atoms with Crippen molar-refractivity contribution in [3.8, 4) is 0 Å². The van der Waals surface area contributed by atoms with E-state index >= 15 is 0 Å². The standard InChI is InChI=1S/C13H19FO2Si/c1-17(2,3)9-11(13(15)16)8-10-4-6-12(14)7-5-10/h4-7,11H,8-9H2,1-3H3,(H,15,16). The van der Waals surface area contributed by atoms with Crippen molar-refractivity contribution in [3.63, 3.8) is 0 Å². The maximum Gasteiger partial charge on any atom is 0.306 e. The molecule has 0 heterocycles. The molecule has 2 nitrogen and oxygen atoms in total. The van der Waals surface area contributed by atoms with Crippen LogP contribution in [0.25, 0.3) is 0 Å². The molecule has 1 aromatic carbocycles. The Hall–Kier alpha value is -1.16. The Balaban J connectivity index is 2.73. The molecule has 0 amide bonds. The maximum absolute atomic E-state index is 12.7. The van der Waals surface area contributed by atoms with Gasteiger partial charge in [0, 0.05) is 8.07 Å². The summed E-state index contributed by atoms with van der Waals surface area (Å²) in [5.41, 5.74) is 0.886. The molecular weight excluding hydrogens is 235 g/mol. The zero-order chi connectivity index (χ0) is 13.1. The molecule has 0 spiro atoms. The third-order valence-corrected chi connectivity index (χ3v) is 4.32. The second-order valence-electron chi connectivity index (χ2n) is 5.63. The topological polar surface area (TPSA) is 37.3 Å². The molecule has 1 aromatic rings. The number of carbonyl (C=O) groups is 1. The van der Waals surface area contributed by atoms with E-state index in [2.05, 4.69) is 19.6 Å². The van der Waals surface area contributed by atoms with Gasteiger partial charge in [-0.2, -0.15) is 0 Å². The van der Waals surface area contributed by atoms with Crippen LogP contribution in [-0.2, 0) is 11.2 Å². The molecule has 0 saturated heterocycles. The molecule has 1 unspecified atom stereocenters. The number of halogens is 1. The summed E-state index contributed by atoms with van der Waals surface area (Å²) in [6.45, 7) is 6.48. The van der Waals surface area contributed by atoms with E-state index in [1.165, 1.54) is 12.1 Å². The molecule has 0 aliphatic carbocycles. The van der Waals surface area contributed by atoms with E-state index in [4.69, 9.17) is 0 Å². The fourth-order valence-corrected chi connectivity index (χ4v) is 3.69. The van der Waals surface area contributed by atoms with Crippen molar-refractivity contribution in [2.24, 2.45) is 5.92 Å². The number of aliphatic carboxylic acids is 1. The highest BCUT2D eigenvalue weighted by Crippen LogP contribution is 2.21. The SMILES string of the molecule is C[Si](C)(C)CC(Cc1ccc(F)cc1)C(=O)O. The van der Waals surface area contributed by atoms with Gasteiger partial charge in [0.05, 0.1) is 5.92 Å². The highest BCUT2D eigenvalue weighted by Gasteiger charge is 2.25. The van der Waals surface area contributed by atoms with E-state index in [1.54, 1.807) is 12.1 Å². The molecule has 0 aliphatic rings. The van der Waals surface area contributed by atoms with Crippen molar-refractivity contribution in [1.82, 2.24) is 0 Å². The highest BCUT2D eigenvalue weighted by molar-refractivity contribution is 6.76. The van der Waals surface area contributed by atoms with Crippen LogP contribution in [0.15, 0.2) is 24.3 Å². The molecule has 17 heavy (non-hydrogen) atoms. The Labute approximate surface area is 102 Å². The minimum absolute atomic E-state index is 0.286. The largest absolute Gasteiger partial charge is 0.481 e. The van der Waals surface area contributed by atoms with Gasteiger partial charge in [-0.1, -0.05) is 31.8 Å². The number of carboxylic acids is 1. The molecule has 0 aliphatic heterocycles. The van der Waals surface area contributed by atoms with Gasteiger partial charge in [-0.25, -0.2) is 4.39 Å². The lowest BCUT2D eigenvalue weighted by Gasteiger charge is -2.21. The third kappa shape index (κ3) is 5.13. The summed E-state index contributed by atoms with van der Waals surface area (Å²) in [5, 5.41) is 9.20. The van der Waals surface area contributed by atoms with Crippen LogP contribution in [0, 0.1) is 11.7 Å². The number of hydrogen-bond acceptors (Lipinski definition) is 1. The molecule has 94 valence electrons. The molecule has 0 aromatic heterocycles. The van der Waals surface area contributed by atoms with E-state index in [1.807, 2.05) is 0 Å². The summed E-state index contributed by atoms with van der Waals surface area (Å²) in [6.07, 6.45) is 0.486. The Kier molecular flexibility index (Phi) is 4.45. The molecule has 4 heteroatoms. The monoisotopic (exact) mass is 254 g/mol. The molecule has 1 rings (SSSR count). The lowest BCUT2D eigenvalue weighted by Crippen LogP contribution is -2.29. The molecular formula is C13H19FO2Si. The zero-order valence-corrected chi connectivity index (χ0v) is 11.5. The second-order valence-corrected chi connectivity index (χ2v) is 11.2. The lowest BCUT2D eigenvalue weighted by molar-refractivity contribution is -0.141. The van der Waals surface area contributed by atoms with Crippen LogP contribution in [0.1, 0.15) is 5.56 Å². The molecule has 0 saturated carbocycles. The summed E-state index contributed by atoms with van der Waals surface area (Å²) in [7, 11) is -1.40. The van der Waals surface area contributed by atoms with Crippen molar-refractivity contribution in [2.75, 3.05) is 0 Å². The normalized spacial score (nSPS) is 13.4. The minimum atomic E-state index is -1.40. The summed E-state index contributed by atoms with van der Waals surface area (Å²) in [4.78, 5) is 11.2. The first-order chi connectivity index (χ1) is 7.78. The Morgan fingerprint density at radius 3 is 2.24 bits per heavy atom. The lowest BCUT2D eigenvalue weighted by atomic mass is 10.0. The second kappa shape index (κ2) is 5.45. The van der Waals surface area contributed by atoms with E-state index in [9.17, 15) is 14.3 Å². The van der Waals surface area contributed by atoms with Gasteiger partial charge in [-0.05, 0) is 30.2 Å². The summed E-state index contributed by atoms with van der Waals surface area (Å²) in [6, 6.07) is 6.83. The number of benzene rings is 1. The van der Waals surface area contributed by atoms with Crippen LogP contribution in [0.4, 0.5) is 4.39 Å². The van der Waals surface area contributed by atoms with Gasteiger partial charge < -0.3 is 5.11 Å². The smallest absolute Gasteiger partial charge is 0.306 e. The van der Waals surface area contributed by atoms with Gasteiger partial charge >= 0.3 is 5.97 Å². The number of carboxylic acid groups (broad SMARTS) is 1. The Bertz CT molecular complexity index is 381.